The summed E-state index contributed by atoms with van der Waals surface area (Å²) >= 11 is 0. The van der Waals surface area contributed by atoms with Crippen LogP contribution in [0, 0.1) is 0 Å². The Morgan fingerprint density at radius 1 is 1.38 bits per heavy atom. The van der Waals surface area contributed by atoms with E-state index >= 15 is 0 Å². The molecule has 0 aromatic heterocycles. The van der Waals surface area contributed by atoms with Crippen LogP contribution in [0.15, 0.2) is 5.16 Å². The zero-order valence-electron chi connectivity index (χ0n) is 8.67. The summed E-state index contributed by atoms with van der Waals surface area (Å²) in [6.07, 6.45) is 0. The van der Waals surface area contributed by atoms with Gasteiger partial charge in [0.15, 0.2) is 0 Å². The number of Topliss-reactive ketones (excluding diaryl/α,β-unsaturated/α-hetero) is 1. The lowest BCUT2D eigenvalue weighted by Gasteiger charge is -2.02. The van der Waals surface area contributed by atoms with E-state index in [-0.39, 0.29) is 5.75 Å². The molecular weight excluding hydrogens is 242 g/mol. The Balaban J connectivity index is 4.58. The van der Waals surface area contributed by atoms with E-state index in [2.05, 4.69) is 14.2 Å². The van der Waals surface area contributed by atoms with Gasteiger partial charge in [-0.2, -0.15) is 8.42 Å². The third kappa shape index (κ3) is 4.84. The molecule has 0 bridgehead atoms. The van der Waals surface area contributed by atoms with E-state index in [0.29, 0.717) is 0 Å². The number of hydrogen-bond acceptors (Lipinski definition) is 7. The Bertz CT molecular complexity index is 397. The normalized spacial score (nSPS) is 12.2. The van der Waals surface area contributed by atoms with Crippen molar-refractivity contribution in [1.82, 2.24) is 0 Å². The van der Waals surface area contributed by atoms with Crippen molar-refractivity contribution in [3.8, 4) is 0 Å². The molecule has 0 aromatic carbocycles. The maximum Gasteiger partial charge on any atom is 0.361 e. The second-order valence-corrected chi connectivity index (χ2v) is 4.39. The first kappa shape index (κ1) is 14.5. The first-order chi connectivity index (χ1) is 7.34. The Morgan fingerprint density at radius 3 is 2.31 bits per heavy atom. The number of aliphatic carboxylic acids is 1. The van der Waals surface area contributed by atoms with Crippen molar-refractivity contribution < 1.29 is 32.1 Å². The first-order valence-electron chi connectivity index (χ1n) is 4.08. The van der Waals surface area contributed by atoms with E-state index in [9.17, 15) is 18.0 Å². The highest BCUT2D eigenvalue weighted by atomic mass is 32.2. The molecule has 0 saturated carbocycles. The average Bonchev–Trinajstić information content (AvgIpc) is 2.22. The molecule has 0 aromatic rings. The summed E-state index contributed by atoms with van der Waals surface area (Å²) in [4.78, 5) is 25.8. The van der Waals surface area contributed by atoms with E-state index < -0.39 is 34.2 Å². The molecule has 1 N–H and O–H groups in total. The number of rotatable bonds is 7. The fourth-order valence-corrected chi connectivity index (χ4v) is 1.05. The SMILES string of the molecule is CCS(=O)(=O)OCC(=O)C(=NOC)C(=O)O. The molecule has 0 heterocycles. The Labute approximate surface area is 92.0 Å². The molecule has 92 valence electrons. The molecule has 0 amide bonds. The summed E-state index contributed by atoms with van der Waals surface area (Å²) in [5, 5.41) is 11.5. The molecule has 0 aliphatic rings. The van der Waals surface area contributed by atoms with Gasteiger partial charge in [0.05, 0.1) is 5.75 Å². The highest BCUT2D eigenvalue weighted by molar-refractivity contribution is 7.86. The summed E-state index contributed by atoms with van der Waals surface area (Å²) < 4.78 is 26.0. The van der Waals surface area contributed by atoms with Gasteiger partial charge in [0.1, 0.15) is 13.7 Å². The lowest BCUT2D eigenvalue weighted by atomic mass is 10.2. The number of oxime groups is 1. The van der Waals surface area contributed by atoms with Crippen molar-refractivity contribution >= 4 is 27.6 Å². The van der Waals surface area contributed by atoms with Gasteiger partial charge >= 0.3 is 5.97 Å². The zero-order valence-corrected chi connectivity index (χ0v) is 9.48. The zero-order chi connectivity index (χ0) is 12.8. The van der Waals surface area contributed by atoms with Gasteiger partial charge in [0.2, 0.25) is 11.5 Å². The van der Waals surface area contributed by atoms with Crippen molar-refractivity contribution in [3.05, 3.63) is 0 Å². The fourth-order valence-electron chi connectivity index (χ4n) is 0.596. The van der Waals surface area contributed by atoms with Crippen LogP contribution in [0.4, 0.5) is 0 Å². The quantitative estimate of drug-likeness (QED) is 0.267. The van der Waals surface area contributed by atoms with Gasteiger partial charge in [-0.25, -0.2) is 4.79 Å². The monoisotopic (exact) mass is 253 g/mol. The Morgan fingerprint density at radius 2 is 1.94 bits per heavy atom. The van der Waals surface area contributed by atoms with Gasteiger partial charge in [0, 0.05) is 0 Å². The molecule has 0 fully saturated rings. The number of carboxylic acid groups (broad SMARTS) is 1. The van der Waals surface area contributed by atoms with Crippen LogP contribution in [0.2, 0.25) is 0 Å². The van der Waals surface area contributed by atoms with Gasteiger partial charge in [-0.15, -0.1) is 0 Å². The summed E-state index contributed by atoms with van der Waals surface area (Å²) in [7, 11) is -2.74. The van der Waals surface area contributed by atoms with Crippen molar-refractivity contribution in [2.45, 2.75) is 6.92 Å². The summed E-state index contributed by atoms with van der Waals surface area (Å²) in [5.41, 5.74) is -0.922. The van der Waals surface area contributed by atoms with Gasteiger partial charge < -0.3 is 9.94 Å². The molecule has 0 saturated heterocycles. The third-order valence-electron chi connectivity index (χ3n) is 1.37. The minimum Gasteiger partial charge on any atom is -0.476 e. The van der Waals surface area contributed by atoms with Crippen LogP contribution >= 0.6 is 0 Å². The molecule has 16 heavy (non-hydrogen) atoms. The summed E-state index contributed by atoms with van der Waals surface area (Å²) in [6.45, 7) is 0.409. The molecule has 0 radical (unpaired) electrons. The predicted molar refractivity (Wildman–Crippen MR) is 52.5 cm³/mol. The maximum atomic E-state index is 11.2. The summed E-state index contributed by atoms with van der Waals surface area (Å²) in [5.74, 6) is -3.03. The van der Waals surface area contributed by atoms with Crippen LogP contribution in [0.25, 0.3) is 0 Å². The lowest BCUT2D eigenvalue weighted by molar-refractivity contribution is -0.130. The van der Waals surface area contributed by atoms with Crippen LogP contribution in [0.1, 0.15) is 6.92 Å². The van der Waals surface area contributed by atoms with Crippen LogP contribution in [0.5, 0.6) is 0 Å². The molecule has 0 aliphatic carbocycles. The van der Waals surface area contributed by atoms with Crippen molar-refractivity contribution in [2.24, 2.45) is 5.16 Å². The Kier molecular flexibility index (Phi) is 5.61. The minimum atomic E-state index is -3.80. The summed E-state index contributed by atoms with van der Waals surface area (Å²) in [6, 6.07) is 0. The van der Waals surface area contributed by atoms with Crippen LogP contribution < -0.4 is 0 Å². The van der Waals surface area contributed by atoms with Crippen molar-refractivity contribution in [3.63, 3.8) is 0 Å². The van der Waals surface area contributed by atoms with E-state index in [4.69, 9.17) is 5.11 Å². The highest BCUT2D eigenvalue weighted by Gasteiger charge is 2.22. The minimum absolute atomic E-state index is 0.315. The van der Waals surface area contributed by atoms with Crippen LogP contribution in [0.3, 0.4) is 0 Å². The van der Waals surface area contributed by atoms with Gasteiger partial charge in [-0.1, -0.05) is 5.16 Å². The van der Waals surface area contributed by atoms with E-state index in [0.717, 1.165) is 7.11 Å². The second-order valence-electron chi connectivity index (χ2n) is 2.46. The van der Waals surface area contributed by atoms with E-state index in [1.54, 1.807) is 0 Å². The smallest absolute Gasteiger partial charge is 0.361 e. The molecule has 0 rings (SSSR count). The average molecular weight is 253 g/mol. The topological polar surface area (TPSA) is 119 Å². The first-order valence-corrected chi connectivity index (χ1v) is 5.66. The standard InChI is InChI=1S/C7H11NO7S/c1-3-16(12,13)15-4-5(9)6(7(10)11)8-14-2/h3-4H2,1-2H3,(H,10,11). The molecule has 0 aliphatic heterocycles. The van der Waals surface area contributed by atoms with Gasteiger partial charge in [-0.05, 0) is 6.92 Å². The number of carboxylic acids is 1. The van der Waals surface area contributed by atoms with Crippen LogP contribution in [-0.4, -0.2) is 50.5 Å². The predicted octanol–water partition coefficient (Wildman–Crippen LogP) is -0.991. The molecule has 0 unspecified atom stereocenters. The second kappa shape index (κ2) is 6.18. The molecule has 0 atom stereocenters. The lowest BCUT2D eigenvalue weighted by Crippen LogP contribution is -2.29. The molecule has 0 spiro atoms. The third-order valence-corrected chi connectivity index (χ3v) is 2.56. The van der Waals surface area contributed by atoms with Crippen molar-refractivity contribution in [2.75, 3.05) is 19.5 Å². The number of hydrogen-bond donors (Lipinski definition) is 1. The van der Waals surface area contributed by atoms with Gasteiger partial charge in [-0.3, -0.25) is 8.98 Å². The highest BCUT2D eigenvalue weighted by Crippen LogP contribution is 1.94. The molecule has 9 heteroatoms. The van der Waals surface area contributed by atoms with Crippen LogP contribution in [-0.2, 0) is 28.7 Å². The Hall–Kier alpha value is -1.48. The van der Waals surface area contributed by atoms with E-state index in [1.165, 1.54) is 6.92 Å². The molecule has 8 nitrogen and oxygen atoms in total. The van der Waals surface area contributed by atoms with Gasteiger partial charge in [0.25, 0.3) is 10.1 Å². The number of carbonyl (C=O) groups is 2. The maximum absolute atomic E-state index is 11.2. The largest absolute Gasteiger partial charge is 0.476 e. The van der Waals surface area contributed by atoms with E-state index in [1.807, 2.05) is 0 Å². The number of nitrogens with zero attached hydrogens (tertiary/aromatic N) is 1. The fraction of sp³-hybridized carbons (Fsp3) is 0.571. The van der Waals surface area contributed by atoms with Crippen molar-refractivity contribution in [1.29, 1.82) is 0 Å². The number of carbonyl (C=O) groups excluding carboxylic acids is 1. The molecular formula is C7H11NO7S. The number of ketones is 1.